The van der Waals surface area contributed by atoms with Gasteiger partial charge in [0.2, 0.25) is 11.8 Å². The van der Waals surface area contributed by atoms with Crippen LogP contribution >= 0.6 is 0 Å². The van der Waals surface area contributed by atoms with Gasteiger partial charge in [0.15, 0.2) is 11.5 Å². The summed E-state index contributed by atoms with van der Waals surface area (Å²) in [7, 11) is 0. The molecule has 2 aromatic heterocycles. The highest BCUT2D eigenvalue weighted by atomic mass is 16.6. The lowest BCUT2D eigenvalue weighted by Crippen LogP contribution is -2.49. The number of anilines is 1. The van der Waals surface area contributed by atoms with E-state index in [9.17, 15) is 19.5 Å². The highest BCUT2D eigenvalue weighted by Gasteiger charge is 2.23. The molecular formula is C35H47N9O6. The van der Waals surface area contributed by atoms with Crippen LogP contribution in [0, 0.1) is 5.92 Å². The van der Waals surface area contributed by atoms with Crippen LogP contribution in [0.4, 0.5) is 5.82 Å². The molecule has 1 aliphatic heterocycles. The molecule has 2 amide bonds. The first-order valence-corrected chi connectivity index (χ1v) is 17.1. The number of carbonyl (C=O) groups excluding carboxylic acids is 2. The van der Waals surface area contributed by atoms with E-state index in [2.05, 4.69) is 54.4 Å². The third-order valence-electron chi connectivity index (χ3n) is 8.93. The van der Waals surface area contributed by atoms with Crippen LogP contribution < -0.4 is 32.7 Å². The van der Waals surface area contributed by atoms with Gasteiger partial charge in [-0.2, -0.15) is 9.97 Å². The topological polar surface area (TPSA) is 216 Å². The lowest BCUT2D eigenvalue weighted by Gasteiger charge is -2.32. The van der Waals surface area contributed by atoms with E-state index in [0.29, 0.717) is 36.8 Å². The SMILES string of the molecule is CCCCOc1nc(N)c2[nH]c(=O)n(Cc3ccc(CN4CCC(CCNC(=O)[C@H](Cc5ccc(O)cc5)NC(=O)CON)CC4)cc3)c2n1. The number of nitrogens with two attached hydrogens (primary N) is 2. The van der Waals surface area contributed by atoms with Crippen molar-refractivity contribution < 1.29 is 24.3 Å². The first-order valence-electron chi connectivity index (χ1n) is 17.1. The van der Waals surface area contributed by atoms with E-state index in [0.717, 1.165) is 62.9 Å². The maximum Gasteiger partial charge on any atom is 0.328 e. The maximum absolute atomic E-state index is 13.0. The fraction of sp³-hybridized carbons (Fsp3) is 0.457. The van der Waals surface area contributed by atoms with Crippen molar-refractivity contribution in [3.8, 4) is 11.8 Å². The van der Waals surface area contributed by atoms with Crippen LogP contribution in [0.2, 0.25) is 0 Å². The van der Waals surface area contributed by atoms with Gasteiger partial charge < -0.3 is 31.2 Å². The predicted molar refractivity (Wildman–Crippen MR) is 188 cm³/mol. The van der Waals surface area contributed by atoms with Gasteiger partial charge in [0, 0.05) is 19.5 Å². The van der Waals surface area contributed by atoms with Gasteiger partial charge >= 0.3 is 11.7 Å². The van der Waals surface area contributed by atoms with Gasteiger partial charge in [0.05, 0.1) is 13.2 Å². The fourth-order valence-corrected chi connectivity index (χ4v) is 6.09. The standard InChI is InChI=1S/C35H47N9O6/c1-2-3-18-49-34-41-31(36)30-32(42-34)44(35(48)40-30)21-26-6-4-25(5-7-26)20-43-16-13-23(14-17-43)12-15-38-33(47)28(39-29(46)22-50-37)19-24-8-10-27(45)11-9-24/h4-11,23,28,45H,2-3,12-22,37H2,1H3,(H,38,47)(H,39,46)(H,40,48)(H2,36,41,42)/t28-/m0/s1. The molecule has 5 rings (SSSR count). The Morgan fingerprint density at radius 2 is 1.72 bits per heavy atom. The zero-order valence-corrected chi connectivity index (χ0v) is 28.4. The number of unbranched alkanes of at least 4 members (excludes halogenated alkanes) is 1. The molecule has 15 nitrogen and oxygen atoms in total. The number of hydrogen-bond acceptors (Lipinski definition) is 11. The number of aromatic nitrogens is 4. The first-order chi connectivity index (χ1) is 24.2. The number of piperidine rings is 1. The van der Waals surface area contributed by atoms with Gasteiger partial charge in [0.1, 0.15) is 23.9 Å². The molecule has 15 heteroatoms. The molecular weight excluding hydrogens is 642 g/mol. The van der Waals surface area contributed by atoms with Crippen LogP contribution in [0.15, 0.2) is 53.3 Å². The number of hydrogen-bond donors (Lipinski definition) is 6. The molecule has 2 aromatic carbocycles. The first kappa shape index (κ1) is 36.3. The van der Waals surface area contributed by atoms with Crippen LogP contribution in [-0.2, 0) is 33.9 Å². The lowest BCUT2D eigenvalue weighted by molar-refractivity contribution is -0.131. The van der Waals surface area contributed by atoms with Crippen molar-refractivity contribution in [2.45, 2.75) is 64.6 Å². The smallest absolute Gasteiger partial charge is 0.328 e. The number of phenolic OH excluding ortho intramolecular Hbond substituents is 1. The van der Waals surface area contributed by atoms with Crippen LogP contribution in [-0.4, -0.2) is 80.2 Å². The molecule has 4 aromatic rings. The number of rotatable bonds is 17. The minimum Gasteiger partial charge on any atom is -0.508 e. The van der Waals surface area contributed by atoms with Crippen molar-refractivity contribution in [2.24, 2.45) is 11.8 Å². The number of nitrogen functional groups attached to an aromatic ring is 1. The molecule has 0 saturated carbocycles. The Morgan fingerprint density at radius 3 is 2.40 bits per heavy atom. The van der Waals surface area contributed by atoms with Crippen molar-refractivity contribution in [1.82, 2.24) is 35.1 Å². The Morgan fingerprint density at radius 1 is 1.04 bits per heavy atom. The van der Waals surface area contributed by atoms with Crippen molar-refractivity contribution in [1.29, 1.82) is 0 Å². The molecule has 50 heavy (non-hydrogen) atoms. The quantitative estimate of drug-likeness (QED) is 0.0696. The Balaban J connectivity index is 1.08. The largest absolute Gasteiger partial charge is 0.508 e. The number of likely N-dealkylation sites (tertiary alicyclic amines) is 1. The summed E-state index contributed by atoms with van der Waals surface area (Å²) in [6.45, 7) is 5.76. The second kappa shape index (κ2) is 17.6. The number of phenols is 1. The summed E-state index contributed by atoms with van der Waals surface area (Å²) < 4.78 is 7.19. The predicted octanol–water partition coefficient (Wildman–Crippen LogP) is 1.97. The van der Waals surface area contributed by atoms with Gasteiger partial charge in [-0.05, 0) is 73.5 Å². The maximum atomic E-state index is 13.0. The molecule has 0 unspecified atom stereocenters. The van der Waals surface area contributed by atoms with E-state index in [4.69, 9.17) is 16.4 Å². The number of fused-ring (bicyclic) bond motifs is 1. The van der Waals surface area contributed by atoms with Gasteiger partial charge in [-0.25, -0.2) is 10.7 Å². The van der Waals surface area contributed by atoms with E-state index in [1.807, 2.05) is 12.1 Å². The van der Waals surface area contributed by atoms with E-state index in [1.165, 1.54) is 5.56 Å². The van der Waals surface area contributed by atoms with Gasteiger partial charge in [-0.3, -0.25) is 23.9 Å². The number of imidazole rings is 1. The number of ether oxygens (including phenoxy) is 1. The van der Waals surface area contributed by atoms with E-state index < -0.39 is 11.9 Å². The minimum atomic E-state index is -0.797. The second-order valence-electron chi connectivity index (χ2n) is 12.7. The van der Waals surface area contributed by atoms with Gasteiger partial charge in [-0.15, -0.1) is 0 Å². The van der Waals surface area contributed by atoms with Crippen LogP contribution in [0.5, 0.6) is 11.8 Å². The number of nitrogens with zero attached hydrogens (tertiary/aromatic N) is 4. The zero-order chi connectivity index (χ0) is 35.5. The second-order valence-corrected chi connectivity index (χ2v) is 12.7. The summed E-state index contributed by atoms with van der Waals surface area (Å²) in [6, 6.07) is 14.1. The summed E-state index contributed by atoms with van der Waals surface area (Å²) in [6.07, 6.45) is 5.00. The lowest BCUT2D eigenvalue weighted by atomic mass is 9.93. The number of carbonyl (C=O) groups is 2. The number of H-pyrrole nitrogens is 1. The number of amides is 2. The highest BCUT2D eigenvalue weighted by Crippen LogP contribution is 2.23. The van der Waals surface area contributed by atoms with Crippen LogP contribution in [0.3, 0.4) is 0 Å². The highest BCUT2D eigenvalue weighted by molar-refractivity contribution is 5.88. The Labute approximate surface area is 290 Å². The molecule has 1 fully saturated rings. The molecule has 0 bridgehead atoms. The van der Waals surface area contributed by atoms with Crippen molar-refractivity contribution in [2.75, 3.05) is 38.6 Å². The average Bonchev–Trinajstić information content (AvgIpc) is 3.42. The summed E-state index contributed by atoms with van der Waals surface area (Å²) in [5, 5.41) is 15.2. The number of aromatic amines is 1. The molecule has 1 saturated heterocycles. The van der Waals surface area contributed by atoms with Gasteiger partial charge in [0.25, 0.3) is 0 Å². The monoisotopic (exact) mass is 689 g/mol. The minimum absolute atomic E-state index is 0.126. The average molecular weight is 690 g/mol. The molecule has 8 N–H and O–H groups in total. The Hall–Kier alpha value is -4.99. The molecule has 0 aliphatic carbocycles. The molecule has 0 spiro atoms. The molecule has 0 radical (unpaired) electrons. The summed E-state index contributed by atoms with van der Waals surface area (Å²) >= 11 is 0. The summed E-state index contributed by atoms with van der Waals surface area (Å²) in [5.74, 6) is 5.04. The third kappa shape index (κ3) is 10.0. The Kier molecular flexibility index (Phi) is 12.8. The number of aromatic hydroxyl groups is 1. The molecule has 3 heterocycles. The zero-order valence-electron chi connectivity index (χ0n) is 28.4. The fourth-order valence-electron chi connectivity index (χ4n) is 6.09. The normalized spacial score (nSPS) is 14.4. The van der Waals surface area contributed by atoms with Crippen LogP contribution in [0.1, 0.15) is 55.7 Å². The van der Waals surface area contributed by atoms with E-state index in [1.54, 1.807) is 28.8 Å². The summed E-state index contributed by atoms with van der Waals surface area (Å²) in [5.41, 5.74) is 9.54. The summed E-state index contributed by atoms with van der Waals surface area (Å²) in [4.78, 5) is 56.1. The molecule has 1 aliphatic rings. The van der Waals surface area contributed by atoms with Crippen molar-refractivity contribution in [3.63, 3.8) is 0 Å². The van der Waals surface area contributed by atoms with Crippen molar-refractivity contribution >= 4 is 28.8 Å². The van der Waals surface area contributed by atoms with E-state index in [-0.39, 0.29) is 42.2 Å². The van der Waals surface area contributed by atoms with E-state index >= 15 is 0 Å². The van der Waals surface area contributed by atoms with Gasteiger partial charge in [-0.1, -0.05) is 49.7 Å². The Bertz CT molecular complexity index is 1770. The third-order valence-corrected chi connectivity index (χ3v) is 8.93. The van der Waals surface area contributed by atoms with Crippen molar-refractivity contribution in [3.05, 3.63) is 75.7 Å². The number of benzene rings is 2. The number of nitrogens with one attached hydrogen (secondary N) is 3. The molecule has 1 atom stereocenters. The molecule has 268 valence electrons. The van der Waals surface area contributed by atoms with Crippen LogP contribution in [0.25, 0.3) is 11.2 Å².